The van der Waals surface area contributed by atoms with Crippen molar-refractivity contribution in [1.82, 2.24) is 14.8 Å². The lowest BCUT2D eigenvalue weighted by Gasteiger charge is -2.16. The summed E-state index contributed by atoms with van der Waals surface area (Å²) in [7, 11) is 0. The van der Waals surface area contributed by atoms with Crippen LogP contribution in [0.15, 0.2) is 30.3 Å². The minimum Gasteiger partial charge on any atom is -0.277 e. The number of hydrogen-bond donors (Lipinski definition) is 0. The standard InChI is InChI=1S/C11H8BrF4N3/c12-6-8-17-18-10(11(15,16)9(13)14)19(8)7-4-2-1-3-5-7/h1-5,9H,6H2. The highest BCUT2D eigenvalue weighted by atomic mass is 79.9. The Morgan fingerprint density at radius 1 is 1.16 bits per heavy atom. The van der Waals surface area contributed by atoms with E-state index in [4.69, 9.17) is 0 Å². The van der Waals surface area contributed by atoms with Crippen molar-refractivity contribution >= 4 is 15.9 Å². The molecule has 0 unspecified atom stereocenters. The van der Waals surface area contributed by atoms with Crippen molar-refractivity contribution in [3.8, 4) is 5.69 Å². The Balaban J connectivity index is 2.62. The smallest absolute Gasteiger partial charge is 0.277 e. The van der Waals surface area contributed by atoms with Gasteiger partial charge in [0.25, 0.3) is 0 Å². The second-order valence-corrected chi connectivity index (χ2v) is 4.23. The second kappa shape index (κ2) is 5.28. The highest BCUT2D eigenvalue weighted by molar-refractivity contribution is 9.08. The largest absolute Gasteiger partial charge is 0.366 e. The zero-order valence-electron chi connectivity index (χ0n) is 9.40. The molecule has 0 atom stereocenters. The molecule has 0 amide bonds. The van der Waals surface area contributed by atoms with E-state index >= 15 is 0 Å². The minimum atomic E-state index is -4.36. The first-order valence-electron chi connectivity index (χ1n) is 5.20. The zero-order chi connectivity index (χ0) is 14.0. The van der Waals surface area contributed by atoms with Crippen molar-refractivity contribution in [2.45, 2.75) is 17.7 Å². The van der Waals surface area contributed by atoms with E-state index in [0.29, 0.717) is 5.69 Å². The number of benzene rings is 1. The number of nitrogens with zero attached hydrogens (tertiary/aromatic N) is 3. The molecule has 102 valence electrons. The van der Waals surface area contributed by atoms with Crippen molar-refractivity contribution in [3.63, 3.8) is 0 Å². The molecule has 0 fully saturated rings. The summed E-state index contributed by atoms with van der Waals surface area (Å²) in [6.45, 7) is 0. The average Bonchev–Trinajstić information content (AvgIpc) is 2.83. The van der Waals surface area contributed by atoms with Gasteiger partial charge in [0.2, 0.25) is 5.82 Å². The van der Waals surface area contributed by atoms with Gasteiger partial charge in [0.15, 0.2) is 0 Å². The molecule has 1 heterocycles. The maximum atomic E-state index is 13.5. The number of aromatic nitrogens is 3. The lowest BCUT2D eigenvalue weighted by Crippen LogP contribution is -2.28. The SMILES string of the molecule is FC(F)C(F)(F)c1nnc(CBr)n1-c1ccccc1. The third-order valence-electron chi connectivity index (χ3n) is 2.44. The Morgan fingerprint density at radius 3 is 2.32 bits per heavy atom. The number of hydrogen-bond acceptors (Lipinski definition) is 2. The van der Waals surface area contributed by atoms with E-state index in [1.807, 2.05) is 0 Å². The molecule has 0 aliphatic heterocycles. The van der Waals surface area contributed by atoms with Gasteiger partial charge in [-0.25, -0.2) is 8.78 Å². The van der Waals surface area contributed by atoms with Crippen molar-refractivity contribution in [2.75, 3.05) is 0 Å². The van der Waals surface area contributed by atoms with Gasteiger partial charge in [-0.1, -0.05) is 34.1 Å². The molecule has 1 aromatic heterocycles. The van der Waals surface area contributed by atoms with Crippen molar-refractivity contribution < 1.29 is 17.6 Å². The van der Waals surface area contributed by atoms with Crippen LogP contribution in [0.1, 0.15) is 11.6 Å². The summed E-state index contributed by atoms with van der Waals surface area (Å²) in [6.07, 6.45) is -3.85. The fourth-order valence-corrected chi connectivity index (χ4v) is 1.93. The van der Waals surface area contributed by atoms with Crippen molar-refractivity contribution in [1.29, 1.82) is 0 Å². The molecule has 0 saturated heterocycles. The maximum Gasteiger partial charge on any atom is 0.366 e. The minimum absolute atomic E-state index is 0.119. The molecular formula is C11H8BrF4N3. The summed E-state index contributed by atoms with van der Waals surface area (Å²) in [6, 6.07) is 7.93. The molecule has 8 heteroatoms. The molecule has 0 saturated carbocycles. The van der Waals surface area contributed by atoms with Crippen molar-refractivity contribution in [2.24, 2.45) is 0 Å². The van der Waals surface area contributed by atoms with Gasteiger partial charge < -0.3 is 0 Å². The lowest BCUT2D eigenvalue weighted by atomic mass is 10.2. The summed E-state index contributed by atoms with van der Waals surface area (Å²) in [4.78, 5) is 0. The summed E-state index contributed by atoms with van der Waals surface area (Å²) in [5.41, 5.74) is 0.303. The molecule has 19 heavy (non-hydrogen) atoms. The van der Waals surface area contributed by atoms with Gasteiger partial charge in [0, 0.05) is 5.69 Å². The second-order valence-electron chi connectivity index (χ2n) is 3.67. The van der Waals surface area contributed by atoms with E-state index in [2.05, 4.69) is 26.1 Å². The highest BCUT2D eigenvalue weighted by Gasteiger charge is 2.48. The summed E-state index contributed by atoms with van der Waals surface area (Å²) >= 11 is 3.07. The third kappa shape index (κ3) is 2.49. The first-order valence-corrected chi connectivity index (χ1v) is 6.32. The molecule has 0 aliphatic carbocycles. The molecule has 3 nitrogen and oxygen atoms in total. The summed E-state index contributed by atoms with van der Waals surface area (Å²) in [5.74, 6) is -5.30. The lowest BCUT2D eigenvalue weighted by molar-refractivity contribution is -0.142. The third-order valence-corrected chi connectivity index (χ3v) is 2.94. The first kappa shape index (κ1) is 14.0. The van der Waals surface area contributed by atoms with Crippen LogP contribution in [0.4, 0.5) is 17.6 Å². The van der Waals surface area contributed by atoms with Gasteiger partial charge >= 0.3 is 12.3 Å². The molecule has 2 aromatic rings. The van der Waals surface area contributed by atoms with E-state index in [0.717, 1.165) is 4.57 Å². The number of para-hydroxylation sites is 1. The number of rotatable bonds is 4. The maximum absolute atomic E-state index is 13.5. The fourth-order valence-electron chi connectivity index (χ4n) is 1.56. The normalized spacial score (nSPS) is 12.1. The molecule has 0 bridgehead atoms. The van der Waals surface area contributed by atoms with Crippen LogP contribution in [0.2, 0.25) is 0 Å². The van der Waals surface area contributed by atoms with Crippen LogP contribution in [0.3, 0.4) is 0 Å². The van der Waals surface area contributed by atoms with Crippen LogP contribution in [-0.2, 0) is 11.3 Å². The number of halogens is 5. The van der Waals surface area contributed by atoms with Crippen LogP contribution in [-0.4, -0.2) is 21.2 Å². The molecule has 0 N–H and O–H groups in total. The predicted octanol–water partition coefficient (Wildman–Crippen LogP) is 3.52. The van der Waals surface area contributed by atoms with Crippen LogP contribution >= 0.6 is 15.9 Å². The highest BCUT2D eigenvalue weighted by Crippen LogP contribution is 2.35. The Labute approximate surface area is 114 Å². The van der Waals surface area contributed by atoms with Crippen LogP contribution < -0.4 is 0 Å². The van der Waals surface area contributed by atoms with Gasteiger partial charge in [-0.05, 0) is 12.1 Å². The van der Waals surface area contributed by atoms with Gasteiger partial charge in [-0.2, -0.15) is 8.78 Å². The predicted molar refractivity (Wildman–Crippen MR) is 63.9 cm³/mol. The number of alkyl halides is 5. The molecule has 2 rings (SSSR count). The zero-order valence-corrected chi connectivity index (χ0v) is 11.0. The Hall–Kier alpha value is -1.44. The summed E-state index contributed by atoms with van der Waals surface area (Å²) < 4.78 is 52.8. The topological polar surface area (TPSA) is 30.7 Å². The molecule has 0 radical (unpaired) electrons. The fraction of sp³-hybridized carbons (Fsp3) is 0.273. The van der Waals surface area contributed by atoms with Gasteiger partial charge in [0.1, 0.15) is 5.82 Å². The first-order chi connectivity index (χ1) is 8.98. The van der Waals surface area contributed by atoms with E-state index in [-0.39, 0.29) is 11.2 Å². The van der Waals surface area contributed by atoms with Crippen LogP contribution in [0.5, 0.6) is 0 Å². The van der Waals surface area contributed by atoms with Gasteiger partial charge in [-0.15, -0.1) is 10.2 Å². The van der Waals surface area contributed by atoms with E-state index in [1.165, 1.54) is 12.1 Å². The van der Waals surface area contributed by atoms with E-state index in [9.17, 15) is 17.6 Å². The molecule has 1 aromatic carbocycles. The van der Waals surface area contributed by atoms with E-state index < -0.39 is 18.2 Å². The van der Waals surface area contributed by atoms with Gasteiger partial charge in [-0.3, -0.25) is 4.57 Å². The molecular weight excluding hydrogens is 330 g/mol. The monoisotopic (exact) mass is 337 g/mol. The van der Waals surface area contributed by atoms with Crippen LogP contribution in [0.25, 0.3) is 5.69 Å². The quantitative estimate of drug-likeness (QED) is 0.631. The Bertz CT molecular complexity index is 556. The average molecular weight is 338 g/mol. The molecule has 0 aliphatic rings. The molecule has 0 spiro atoms. The summed E-state index contributed by atoms with van der Waals surface area (Å²) in [5, 5.41) is 6.84. The van der Waals surface area contributed by atoms with E-state index in [1.54, 1.807) is 18.2 Å². The van der Waals surface area contributed by atoms with Crippen LogP contribution in [0, 0.1) is 0 Å². The Kier molecular flexibility index (Phi) is 3.88. The van der Waals surface area contributed by atoms with Crippen molar-refractivity contribution in [3.05, 3.63) is 42.0 Å². The Morgan fingerprint density at radius 2 is 1.79 bits per heavy atom. The van der Waals surface area contributed by atoms with Gasteiger partial charge in [0.05, 0.1) is 5.33 Å².